The summed E-state index contributed by atoms with van der Waals surface area (Å²) < 4.78 is 4.00. The number of hydrogen-bond acceptors (Lipinski definition) is 4. The molecule has 0 saturated carbocycles. The van der Waals surface area contributed by atoms with E-state index >= 15 is 0 Å². The van der Waals surface area contributed by atoms with Gasteiger partial charge in [-0.05, 0) is 45.4 Å². The molecule has 0 aliphatic heterocycles. The molecule has 138 valence electrons. The van der Waals surface area contributed by atoms with Gasteiger partial charge in [-0.3, -0.25) is 9.08 Å². The highest BCUT2D eigenvalue weighted by Crippen LogP contribution is 2.04. The number of fused-ring (bicyclic) bond motifs is 1. The number of pyridine rings is 1. The molecule has 3 aromatic heterocycles. The first-order chi connectivity index (χ1) is 12.7. The number of guanidine groups is 1. The Morgan fingerprint density at radius 3 is 2.85 bits per heavy atom. The van der Waals surface area contributed by atoms with Crippen molar-refractivity contribution in [2.24, 2.45) is 4.99 Å². The smallest absolute Gasteiger partial charge is 0.191 e. The second kappa shape index (κ2) is 8.46. The van der Waals surface area contributed by atoms with Crippen molar-refractivity contribution in [1.82, 2.24) is 35.0 Å². The van der Waals surface area contributed by atoms with Gasteiger partial charge >= 0.3 is 0 Å². The molecule has 3 aromatic rings. The van der Waals surface area contributed by atoms with Crippen molar-refractivity contribution in [3.63, 3.8) is 0 Å². The molecule has 0 radical (unpaired) electrons. The van der Waals surface area contributed by atoms with Crippen LogP contribution >= 0.6 is 0 Å². The maximum Gasteiger partial charge on any atom is 0.191 e. The van der Waals surface area contributed by atoms with Gasteiger partial charge in [-0.25, -0.2) is 4.99 Å². The summed E-state index contributed by atoms with van der Waals surface area (Å²) in [7, 11) is 0. The Morgan fingerprint density at radius 2 is 2.08 bits per heavy atom. The van der Waals surface area contributed by atoms with Crippen molar-refractivity contribution in [3.8, 4) is 0 Å². The third-order valence-electron chi connectivity index (χ3n) is 4.05. The Bertz CT molecular complexity index is 876. The van der Waals surface area contributed by atoms with E-state index in [1.165, 1.54) is 5.69 Å². The number of hydrogen-bond donors (Lipinski definition) is 2. The van der Waals surface area contributed by atoms with E-state index in [2.05, 4.69) is 50.8 Å². The summed E-state index contributed by atoms with van der Waals surface area (Å²) in [6.07, 6.45) is 2.93. The van der Waals surface area contributed by atoms with E-state index in [1.54, 1.807) is 0 Å². The summed E-state index contributed by atoms with van der Waals surface area (Å²) >= 11 is 0. The minimum Gasteiger partial charge on any atom is -0.357 e. The average Bonchev–Trinajstić information content (AvgIpc) is 3.19. The first kappa shape index (κ1) is 17.9. The number of aryl methyl sites for hydroxylation is 3. The second-order valence-corrected chi connectivity index (χ2v) is 6.17. The molecule has 0 amide bonds. The van der Waals surface area contributed by atoms with Crippen LogP contribution in [0.4, 0.5) is 0 Å². The van der Waals surface area contributed by atoms with Crippen LogP contribution in [0.25, 0.3) is 5.65 Å². The molecular formula is C18H26N8. The lowest BCUT2D eigenvalue weighted by molar-refractivity contribution is 0.555. The molecule has 26 heavy (non-hydrogen) atoms. The van der Waals surface area contributed by atoms with Crippen molar-refractivity contribution >= 4 is 11.6 Å². The molecule has 0 aliphatic rings. The molecule has 0 bridgehead atoms. The van der Waals surface area contributed by atoms with Crippen LogP contribution in [0.1, 0.15) is 30.6 Å². The van der Waals surface area contributed by atoms with Crippen LogP contribution in [-0.4, -0.2) is 43.4 Å². The average molecular weight is 354 g/mol. The highest BCUT2D eigenvalue weighted by molar-refractivity contribution is 5.79. The molecular weight excluding hydrogens is 328 g/mol. The van der Waals surface area contributed by atoms with Crippen molar-refractivity contribution < 1.29 is 0 Å². The summed E-state index contributed by atoms with van der Waals surface area (Å²) in [4.78, 5) is 4.62. The zero-order chi connectivity index (χ0) is 18.4. The van der Waals surface area contributed by atoms with Gasteiger partial charge in [0.2, 0.25) is 0 Å². The third kappa shape index (κ3) is 4.38. The second-order valence-electron chi connectivity index (χ2n) is 6.17. The molecule has 0 spiro atoms. The topological polar surface area (TPSA) is 84.4 Å². The van der Waals surface area contributed by atoms with Gasteiger partial charge in [-0.1, -0.05) is 6.07 Å². The normalized spacial score (nSPS) is 11.9. The van der Waals surface area contributed by atoms with Crippen molar-refractivity contribution in [2.75, 3.05) is 13.1 Å². The van der Waals surface area contributed by atoms with E-state index < -0.39 is 0 Å². The fraction of sp³-hybridized carbons (Fsp3) is 0.444. The third-order valence-corrected chi connectivity index (χ3v) is 4.05. The predicted molar refractivity (Wildman–Crippen MR) is 102 cm³/mol. The van der Waals surface area contributed by atoms with E-state index in [0.29, 0.717) is 6.54 Å². The summed E-state index contributed by atoms with van der Waals surface area (Å²) in [5, 5.41) is 19.5. The fourth-order valence-corrected chi connectivity index (χ4v) is 2.83. The molecule has 8 nitrogen and oxygen atoms in total. The van der Waals surface area contributed by atoms with E-state index in [4.69, 9.17) is 0 Å². The first-order valence-corrected chi connectivity index (χ1v) is 8.99. The highest BCUT2D eigenvalue weighted by Gasteiger charge is 2.05. The quantitative estimate of drug-likeness (QED) is 0.383. The Kier molecular flexibility index (Phi) is 5.83. The highest BCUT2D eigenvalue weighted by atomic mass is 15.3. The van der Waals surface area contributed by atoms with Gasteiger partial charge < -0.3 is 10.6 Å². The molecule has 0 unspecified atom stereocenters. The van der Waals surface area contributed by atoms with Gasteiger partial charge in [0, 0.05) is 31.5 Å². The molecule has 3 rings (SSSR count). The van der Waals surface area contributed by atoms with E-state index in [-0.39, 0.29) is 0 Å². The maximum absolute atomic E-state index is 4.62. The lowest BCUT2D eigenvalue weighted by atomic mass is 10.4. The first-order valence-electron chi connectivity index (χ1n) is 8.99. The zero-order valence-corrected chi connectivity index (χ0v) is 15.6. The summed E-state index contributed by atoms with van der Waals surface area (Å²) in [5.41, 5.74) is 3.09. The van der Waals surface area contributed by atoms with Crippen LogP contribution in [0.15, 0.2) is 35.5 Å². The molecule has 0 aromatic carbocycles. The summed E-state index contributed by atoms with van der Waals surface area (Å²) in [6, 6.07) is 7.95. The fourth-order valence-electron chi connectivity index (χ4n) is 2.83. The minimum absolute atomic E-state index is 0.470. The van der Waals surface area contributed by atoms with Gasteiger partial charge in [-0.15, -0.1) is 10.2 Å². The SMILES string of the molecule is CCNC(=NCc1nnc2ccccn12)NCCCn1nc(C)cc1C. The standard InChI is InChI=1S/C18H26N8/c1-4-19-18(20-9-7-11-26-15(3)12-14(2)24-26)21-13-17-23-22-16-8-5-6-10-25(16)17/h5-6,8,10,12H,4,7,9,11,13H2,1-3H3,(H2,19,20,21). The molecule has 0 aliphatic carbocycles. The molecule has 0 atom stereocenters. The van der Waals surface area contributed by atoms with Crippen LogP contribution in [-0.2, 0) is 13.1 Å². The van der Waals surface area contributed by atoms with Crippen LogP contribution < -0.4 is 10.6 Å². The van der Waals surface area contributed by atoms with E-state index in [1.807, 2.05) is 40.4 Å². The summed E-state index contributed by atoms with van der Waals surface area (Å²) in [5.74, 6) is 1.61. The van der Waals surface area contributed by atoms with Crippen LogP contribution in [0.2, 0.25) is 0 Å². The molecule has 8 heteroatoms. The lowest BCUT2D eigenvalue weighted by Crippen LogP contribution is -2.38. The minimum atomic E-state index is 0.470. The Morgan fingerprint density at radius 1 is 1.19 bits per heavy atom. The van der Waals surface area contributed by atoms with Gasteiger partial charge in [0.25, 0.3) is 0 Å². The molecule has 2 N–H and O–H groups in total. The molecule has 0 fully saturated rings. The Hall–Kier alpha value is -2.90. The Balaban J connectivity index is 1.54. The monoisotopic (exact) mass is 354 g/mol. The van der Waals surface area contributed by atoms with Gasteiger partial charge in [0.1, 0.15) is 6.54 Å². The largest absolute Gasteiger partial charge is 0.357 e. The van der Waals surface area contributed by atoms with Gasteiger partial charge in [-0.2, -0.15) is 5.10 Å². The Labute approximate surface area is 153 Å². The van der Waals surface area contributed by atoms with Crippen molar-refractivity contribution in [1.29, 1.82) is 0 Å². The number of rotatable bonds is 7. The molecule has 0 saturated heterocycles. The lowest BCUT2D eigenvalue weighted by Gasteiger charge is -2.11. The van der Waals surface area contributed by atoms with Gasteiger partial charge in [0.15, 0.2) is 17.4 Å². The summed E-state index contributed by atoms with van der Waals surface area (Å²) in [6.45, 7) is 9.15. The van der Waals surface area contributed by atoms with Gasteiger partial charge in [0.05, 0.1) is 5.69 Å². The van der Waals surface area contributed by atoms with E-state index in [9.17, 15) is 0 Å². The number of aromatic nitrogens is 5. The number of aliphatic imine (C=N–C) groups is 1. The van der Waals surface area contributed by atoms with Crippen LogP contribution in [0.3, 0.4) is 0 Å². The maximum atomic E-state index is 4.62. The number of nitrogens with zero attached hydrogens (tertiary/aromatic N) is 6. The number of nitrogens with one attached hydrogen (secondary N) is 2. The van der Waals surface area contributed by atoms with Crippen molar-refractivity contribution in [2.45, 2.75) is 40.3 Å². The van der Waals surface area contributed by atoms with Crippen molar-refractivity contribution in [3.05, 3.63) is 47.7 Å². The van der Waals surface area contributed by atoms with Crippen LogP contribution in [0.5, 0.6) is 0 Å². The molecule has 3 heterocycles. The predicted octanol–water partition coefficient (Wildman–Crippen LogP) is 1.69. The van der Waals surface area contributed by atoms with E-state index in [0.717, 1.165) is 49.2 Å². The zero-order valence-electron chi connectivity index (χ0n) is 15.6. The van der Waals surface area contributed by atoms with Crippen LogP contribution in [0, 0.1) is 13.8 Å².